The van der Waals surface area contributed by atoms with Crippen LogP contribution in [-0.4, -0.2) is 17.0 Å². The minimum absolute atomic E-state index is 0.0103. The zero-order valence-electron chi connectivity index (χ0n) is 11.8. The SMILES string of the molecule is NC(=NO)C1(C(=O)Nc2cccc(Cl)c2)CCCCCC1. The van der Waals surface area contributed by atoms with Crippen LogP contribution >= 0.6 is 11.6 Å². The maximum atomic E-state index is 12.7. The van der Waals surface area contributed by atoms with Gasteiger partial charge in [-0.3, -0.25) is 4.79 Å². The van der Waals surface area contributed by atoms with Crippen molar-refractivity contribution >= 4 is 29.0 Å². The first-order valence-electron chi connectivity index (χ1n) is 7.13. The monoisotopic (exact) mass is 309 g/mol. The molecule has 6 heteroatoms. The quantitative estimate of drug-likeness (QED) is 0.263. The summed E-state index contributed by atoms with van der Waals surface area (Å²) in [6, 6.07) is 6.94. The molecule has 0 spiro atoms. The lowest BCUT2D eigenvalue weighted by molar-refractivity contribution is -0.123. The summed E-state index contributed by atoms with van der Waals surface area (Å²) in [6.45, 7) is 0. The highest BCUT2D eigenvalue weighted by atomic mass is 35.5. The average Bonchev–Trinajstić information content (AvgIpc) is 2.73. The molecule has 0 unspecified atom stereocenters. The standard InChI is InChI=1S/C15H20ClN3O2/c16-11-6-5-7-12(10-11)18-14(20)15(13(17)19-21)8-3-1-2-4-9-15/h5-7,10,21H,1-4,8-9H2,(H2,17,19)(H,18,20). The van der Waals surface area contributed by atoms with E-state index in [1.54, 1.807) is 24.3 Å². The molecule has 114 valence electrons. The molecule has 2 rings (SSSR count). The van der Waals surface area contributed by atoms with Crippen molar-refractivity contribution in [2.75, 3.05) is 5.32 Å². The molecular weight excluding hydrogens is 290 g/mol. The smallest absolute Gasteiger partial charge is 0.238 e. The van der Waals surface area contributed by atoms with Gasteiger partial charge in [-0.05, 0) is 31.0 Å². The molecule has 0 radical (unpaired) electrons. The number of nitrogens with two attached hydrogens (primary N) is 1. The first-order valence-corrected chi connectivity index (χ1v) is 7.51. The van der Waals surface area contributed by atoms with E-state index in [-0.39, 0.29) is 11.7 Å². The number of carbonyl (C=O) groups is 1. The number of anilines is 1. The van der Waals surface area contributed by atoms with Gasteiger partial charge in [0.15, 0.2) is 5.84 Å². The minimum atomic E-state index is -0.937. The summed E-state index contributed by atoms with van der Waals surface area (Å²) in [7, 11) is 0. The topological polar surface area (TPSA) is 87.7 Å². The lowest BCUT2D eigenvalue weighted by atomic mass is 9.78. The number of hydrogen-bond acceptors (Lipinski definition) is 3. The van der Waals surface area contributed by atoms with Crippen LogP contribution in [0.3, 0.4) is 0 Å². The Bertz CT molecular complexity index is 537. The van der Waals surface area contributed by atoms with Gasteiger partial charge in [0.1, 0.15) is 5.41 Å². The minimum Gasteiger partial charge on any atom is -0.409 e. The van der Waals surface area contributed by atoms with Crippen molar-refractivity contribution in [1.29, 1.82) is 0 Å². The van der Waals surface area contributed by atoms with Crippen LogP contribution < -0.4 is 11.1 Å². The number of hydrogen-bond donors (Lipinski definition) is 3. The number of amidine groups is 1. The Morgan fingerprint density at radius 2 is 1.95 bits per heavy atom. The van der Waals surface area contributed by atoms with E-state index in [0.717, 1.165) is 25.7 Å². The van der Waals surface area contributed by atoms with E-state index in [2.05, 4.69) is 10.5 Å². The van der Waals surface area contributed by atoms with Crippen LogP contribution in [0.1, 0.15) is 38.5 Å². The van der Waals surface area contributed by atoms with Gasteiger partial charge in [-0.25, -0.2) is 0 Å². The van der Waals surface area contributed by atoms with Crippen molar-refractivity contribution in [3.8, 4) is 0 Å². The number of rotatable bonds is 3. The van der Waals surface area contributed by atoms with Crippen LogP contribution in [-0.2, 0) is 4.79 Å². The predicted octanol–water partition coefficient (Wildman–Crippen LogP) is 3.37. The van der Waals surface area contributed by atoms with Crippen LogP contribution in [0.2, 0.25) is 5.02 Å². The van der Waals surface area contributed by atoms with Gasteiger partial charge in [-0.2, -0.15) is 0 Å². The van der Waals surface area contributed by atoms with E-state index >= 15 is 0 Å². The fraction of sp³-hybridized carbons (Fsp3) is 0.467. The van der Waals surface area contributed by atoms with Crippen molar-refractivity contribution in [3.05, 3.63) is 29.3 Å². The van der Waals surface area contributed by atoms with E-state index in [1.807, 2.05) is 0 Å². The van der Waals surface area contributed by atoms with Crippen LogP contribution in [0.4, 0.5) is 5.69 Å². The first-order chi connectivity index (χ1) is 10.1. The maximum absolute atomic E-state index is 12.7. The highest BCUT2D eigenvalue weighted by Gasteiger charge is 2.43. The van der Waals surface area contributed by atoms with Gasteiger partial charge in [-0.15, -0.1) is 0 Å². The van der Waals surface area contributed by atoms with Gasteiger partial charge in [-0.1, -0.05) is 48.5 Å². The van der Waals surface area contributed by atoms with Crippen LogP contribution in [0, 0.1) is 5.41 Å². The van der Waals surface area contributed by atoms with Crippen LogP contribution in [0.15, 0.2) is 29.4 Å². The Labute approximate surface area is 129 Å². The molecule has 4 N–H and O–H groups in total. The summed E-state index contributed by atoms with van der Waals surface area (Å²) in [5, 5.41) is 15.6. The lowest BCUT2D eigenvalue weighted by Crippen LogP contribution is -2.46. The second kappa shape index (κ2) is 6.80. The second-order valence-electron chi connectivity index (χ2n) is 5.45. The number of halogens is 1. The molecule has 0 heterocycles. The van der Waals surface area contributed by atoms with Crippen molar-refractivity contribution in [1.82, 2.24) is 0 Å². The fourth-order valence-electron chi connectivity index (χ4n) is 2.84. The third-order valence-electron chi connectivity index (χ3n) is 4.07. The number of carbonyl (C=O) groups excluding carboxylic acids is 1. The number of amides is 1. The largest absolute Gasteiger partial charge is 0.409 e. The summed E-state index contributed by atoms with van der Waals surface area (Å²) in [5.74, 6) is -0.245. The van der Waals surface area contributed by atoms with E-state index in [1.165, 1.54) is 0 Å². The molecule has 1 aromatic carbocycles. The summed E-state index contributed by atoms with van der Waals surface area (Å²) >= 11 is 5.92. The van der Waals surface area contributed by atoms with Gasteiger partial charge < -0.3 is 16.3 Å². The van der Waals surface area contributed by atoms with Crippen LogP contribution in [0.5, 0.6) is 0 Å². The Morgan fingerprint density at radius 3 is 2.52 bits per heavy atom. The highest BCUT2D eigenvalue weighted by Crippen LogP contribution is 2.36. The Morgan fingerprint density at radius 1 is 1.29 bits per heavy atom. The normalized spacial score (nSPS) is 18.8. The van der Waals surface area contributed by atoms with Gasteiger partial charge in [0.05, 0.1) is 0 Å². The molecule has 21 heavy (non-hydrogen) atoms. The van der Waals surface area contributed by atoms with E-state index in [0.29, 0.717) is 23.6 Å². The van der Waals surface area contributed by atoms with E-state index in [4.69, 9.17) is 22.5 Å². The number of oxime groups is 1. The van der Waals surface area contributed by atoms with Gasteiger partial charge >= 0.3 is 0 Å². The molecule has 0 saturated heterocycles. The molecular formula is C15H20ClN3O2. The van der Waals surface area contributed by atoms with E-state index < -0.39 is 5.41 Å². The van der Waals surface area contributed by atoms with Gasteiger partial charge in [0.2, 0.25) is 5.91 Å². The third-order valence-corrected chi connectivity index (χ3v) is 4.31. The molecule has 1 aliphatic carbocycles. The number of benzene rings is 1. The number of nitrogens with zero attached hydrogens (tertiary/aromatic N) is 1. The summed E-state index contributed by atoms with van der Waals surface area (Å²) in [6.07, 6.45) is 5.08. The highest BCUT2D eigenvalue weighted by molar-refractivity contribution is 6.31. The summed E-state index contributed by atoms with van der Waals surface area (Å²) in [5.41, 5.74) is 5.53. The summed E-state index contributed by atoms with van der Waals surface area (Å²) in [4.78, 5) is 12.7. The van der Waals surface area contributed by atoms with Crippen molar-refractivity contribution in [2.45, 2.75) is 38.5 Å². The fourth-order valence-corrected chi connectivity index (χ4v) is 3.03. The maximum Gasteiger partial charge on any atom is 0.238 e. The molecule has 1 amide bonds. The zero-order valence-corrected chi connectivity index (χ0v) is 12.6. The Balaban J connectivity index is 2.26. The predicted molar refractivity (Wildman–Crippen MR) is 83.6 cm³/mol. The van der Waals surface area contributed by atoms with Crippen LogP contribution in [0.25, 0.3) is 0 Å². The third kappa shape index (κ3) is 3.47. The molecule has 0 bridgehead atoms. The van der Waals surface area contributed by atoms with Crippen molar-refractivity contribution in [3.63, 3.8) is 0 Å². The molecule has 0 aromatic heterocycles. The summed E-state index contributed by atoms with van der Waals surface area (Å²) < 4.78 is 0. The molecule has 1 aliphatic rings. The molecule has 5 nitrogen and oxygen atoms in total. The molecule has 0 aliphatic heterocycles. The molecule has 1 saturated carbocycles. The molecule has 1 aromatic rings. The Hall–Kier alpha value is -1.75. The second-order valence-corrected chi connectivity index (χ2v) is 5.88. The lowest BCUT2D eigenvalue weighted by Gasteiger charge is -2.29. The Kier molecular flexibility index (Phi) is 5.07. The average molecular weight is 310 g/mol. The number of nitrogens with one attached hydrogen (secondary N) is 1. The van der Waals surface area contributed by atoms with Crippen molar-refractivity contribution in [2.24, 2.45) is 16.3 Å². The van der Waals surface area contributed by atoms with E-state index in [9.17, 15) is 4.79 Å². The molecule has 0 atom stereocenters. The van der Waals surface area contributed by atoms with Gasteiger partial charge in [0.25, 0.3) is 0 Å². The first kappa shape index (κ1) is 15.6. The van der Waals surface area contributed by atoms with Crippen molar-refractivity contribution < 1.29 is 10.0 Å². The van der Waals surface area contributed by atoms with Gasteiger partial charge in [0, 0.05) is 10.7 Å². The molecule has 1 fully saturated rings. The zero-order chi connectivity index (χ0) is 15.3.